The number of hydrogen-bond donors (Lipinski definition) is 1. The second kappa shape index (κ2) is 10.6. The second-order valence-electron chi connectivity index (χ2n) is 6.72. The van der Waals surface area contributed by atoms with Crippen molar-refractivity contribution in [3.8, 4) is 16.3 Å². The lowest BCUT2D eigenvalue weighted by Crippen LogP contribution is -2.28. The lowest BCUT2D eigenvalue weighted by molar-refractivity contribution is 0.137. The molecule has 6 heteroatoms. The number of carbonyl (C=O) groups excluding carboxylic acids is 1. The second-order valence-corrected chi connectivity index (χ2v) is 7.83. The molecule has 0 saturated carbocycles. The van der Waals surface area contributed by atoms with Crippen molar-refractivity contribution in [2.24, 2.45) is 0 Å². The van der Waals surface area contributed by atoms with Crippen LogP contribution in [0.15, 0.2) is 60.8 Å². The zero-order chi connectivity index (χ0) is 20.5. The van der Waals surface area contributed by atoms with Crippen LogP contribution in [-0.2, 0) is 17.8 Å². The first-order valence-electron chi connectivity index (χ1n) is 9.80. The molecule has 1 N–H and O–H groups in total. The van der Waals surface area contributed by atoms with E-state index in [0.717, 1.165) is 28.3 Å². The Morgan fingerprint density at radius 2 is 1.90 bits per heavy atom. The van der Waals surface area contributed by atoms with Gasteiger partial charge in [0.1, 0.15) is 17.4 Å². The van der Waals surface area contributed by atoms with E-state index in [1.807, 2.05) is 67.7 Å². The van der Waals surface area contributed by atoms with Gasteiger partial charge in [0.15, 0.2) is 0 Å². The Balaban J connectivity index is 1.37. The van der Waals surface area contributed by atoms with Crippen LogP contribution in [0.5, 0.6) is 5.75 Å². The molecule has 29 heavy (non-hydrogen) atoms. The number of aromatic nitrogens is 1. The number of rotatable bonds is 9. The molecular weight excluding hydrogens is 384 g/mol. The molecule has 0 aliphatic carbocycles. The van der Waals surface area contributed by atoms with Crippen LogP contribution < -0.4 is 10.1 Å². The Labute approximate surface area is 175 Å². The molecule has 2 aromatic carbocycles. The average molecular weight is 411 g/mol. The summed E-state index contributed by atoms with van der Waals surface area (Å²) in [4.78, 5) is 17.5. The number of amides is 1. The first-order valence-corrected chi connectivity index (χ1v) is 10.6. The summed E-state index contributed by atoms with van der Waals surface area (Å²) in [6.45, 7) is 4.88. The number of alkyl carbamates (subject to hydrolysis) is 1. The van der Waals surface area contributed by atoms with E-state index in [2.05, 4.69) is 17.2 Å². The summed E-state index contributed by atoms with van der Waals surface area (Å²) in [5.41, 5.74) is 2.06. The predicted octanol–water partition coefficient (Wildman–Crippen LogP) is 5.46. The van der Waals surface area contributed by atoms with Gasteiger partial charge in [0, 0.05) is 29.6 Å². The van der Waals surface area contributed by atoms with Gasteiger partial charge in [-0.15, -0.1) is 11.3 Å². The number of hydrogen-bond acceptors (Lipinski definition) is 5. The molecule has 0 radical (unpaired) electrons. The SMILES string of the molecule is CCc1cnc(-c2ccc(OC(C)CCNC(=O)OCc3ccccc3)cc2)s1. The quantitative estimate of drug-likeness (QED) is 0.509. The van der Waals surface area contributed by atoms with Crippen LogP contribution in [0.2, 0.25) is 0 Å². The van der Waals surface area contributed by atoms with Gasteiger partial charge in [0.2, 0.25) is 0 Å². The highest BCUT2D eigenvalue weighted by Gasteiger charge is 2.08. The fourth-order valence-corrected chi connectivity index (χ4v) is 3.58. The van der Waals surface area contributed by atoms with Gasteiger partial charge in [0.25, 0.3) is 0 Å². The maximum atomic E-state index is 11.8. The molecular formula is C23H26N2O3S. The summed E-state index contributed by atoms with van der Waals surface area (Å²) in [5, 5.41) is 3.79. The van der Waals surface area contributed by atoms with E-state index in [4.69, 9.17) is 9.47 Å². The number of thiazole rings is 1. The van der Waals surface area contributed by atoms with Gasteiger partial charge in [-0.25, -0.2) is 9.78 Å². The van der Waals surface area contributed by atoms with Crippen molar-refractivity contribution in [1.29, 1.82) is 0 Å². The highest BCUT2D eigenvalue weighted by molar-refractivity contribution is 7.15. The number of benzene rings is 2. The minimum Gasteiger partial charge on any atom is -0.491 e. The molecule has 1 unspecified atom stereocenters. The highest BCUT2D eigenvalue weighted by atomic mass is 32.1. The van der Waals surface area contributed by atoms with E-state index in [1.165, 1.54) is 4.88 Å². The van der Waals surface area contributed by atoms with Crippen LogP contribution in [-0.4, -0.2) is 23.7 Å². The van der Waals surface area contributed by atoms with Crippen molar-refractivity contribution in [3.63, 3.8) is 0 Å². The van der Waals surface area contributed by atoms with Crippen LogP contribution in [0.1, 0.15) is 30.7 Å². The van der Waals surface area contributed by atoms with Crippen molar-refractivity contribution in [1.82, 2.24) is 10.3 Å². The Hall–Kier alpha value is -2.86. The van der Waals surface area contributed by atoms with E-state index in [0.29, 0.717) is 13.0 Å². The van der Waals surface area contributed by atoms with Crippen LogP contribution >= 0.6 is 11.3 Å². The van der Waals surface area contributed by atoms with Gasteiger partial charge < -0.3 is 14.8 Å². The molecule has 1 aromatic heterocycles. The summed E-state index contributed by atoms with van der Waals surface area (Å²) in [7, 11) is 0. The number of nitrogens with zero attached hydrogens (tertiary/aromatic N) is 1. The minimum absolute atomic E-state index is 0.0261. The third kappa shape index (κ3) is 6.61. The lowest BCUT2D eigenvalue weighted by atomic mass is 10.2. The van der Waals surface area contributed by atoms with E-state index >= 15 is 0 Å². The number of aryl methyl sites for hydroxylation is 1. The minimum atomic E-state index is -0.416. The number of carbonyl (C=O) groups is 1. The van der Waals surface area contributed by atoms with E-state index < -0.39 is 6.09 Å². The summed E-state index contributed by atoms with van der Waals surface area (Å²) >= 11 is 1.72. The maximum Gasteiger partial charge on any atom is 0.407 e. The molecule has 5 nitrogen and oxygen atoms in total. The van der Waals surface area contributed by atoms with Crippen molar-refractivity contribution in [2.75, 3.05) is 6.54 Å². The predicted molar refractivity (Wildman–Crippen MR) is 116 cm³/mol. The Kier molecular flexibility index (Phi) is 7.64. The third-order valence-electron chi connectivity index (χ3n) is 4.37. The van der Waals surface area contributed by atoms with E-state index in [9.17, 15) is 4.79 Å². The van der Waals surface area contributed by atoms with Crippen molar-refractivity contribution < 1.29 is 14.3 Å². The number of ether oxygens (including phenoxy) is 2. The normalized spacial score (nSPS) is 11.7. The molecule has 3 rings (SSSR count). The van der Waals surface area contributed by atoms with Crippen LogP contribution in [0, 0.1) is 0 Å². The summed E-state index contributed by atoms with van der Waals surface area (Å²) in [6, 6.07) is 17.6. The summed E-state index contributed by atoms with van der Waals surface area (Å²) in [6.07, 6.45) is 3.19. The summed E-state index contributed by atoms with van der Waals surface area (Å²) < 4.78 is 11.1. The lowest BCUT2D eigenvalue weighted by Gasteiger charge is -2.15. The molecule has 0 aliphatic heterocycles. The first-order chi connectivity index (χ1) is 14.1. The molecule has 0 fully saturated rings. The third-order valence-corrected chi connectivity index (χ3v) is 5.56. The van der Waals surface area contributed by atoms with Crippen molar-refractivity contribution in [3.05, 3.63) is 71.2 Å². The highest BCUT2D eigenvalue weighted by Crippen LogP contribution is 2.27. The van der Waals surface area contributed by atoms with Crippen LogP contribution in [0.4, 0.5) is 4.79 Å². The Bertz CT molecular complexity index is 894. The fraction of sp³-hybridized carbons (Fsp3) is 0.304. The molecule has 3 aromatic rings. The first kappa shape index (κ1) is 20.9. The molecule has 0 bridgehead atoms. The molecule has 0 aliphatic rings. The molecule has 0 spiro atoms. The van der Waals surface area contributed by atoms with Gasteiger partial charge in [0.05, 0.1) is 6.10 Å². The van der Waals surface area contributed by atoms with Crippen LogP contribution in [0.3, 0.4) is 0 Å². The van der Waals surface area contributed by atoms with E-state index in [-0.39, 0.29) is 12.7 Å². The number of nitrogens with one attached hydrogen (secondary N) is 1. The fourth-order valence-electron chi connectivity index (χ4n) is 2.72. The van der Waals surface area contributed by atoms with Crippen molar-refractivity contribution >= 4 is 17.4 Å². The molecule has 0 saturated heterocycles. The maximum absolute atomic E-state index is 11.8. The standard InChI is InChI=1S/C23H26N2O3S/c1-3-21-15-25-22(29-21)19-9-11-20(12-10-19)28-17(2)13-14-24-23(26)27-16-18-7-5-4-6-8-18/h4-12,15,17H,3,13-14,16H2,1-2H3,(H,24,26). The molecule has 1 atom stereocenters. The molecule has 1 amide bonds. The topological polar surface area (TPSA) is 60.5 Å². The zero-order valence-corrected chi connectivity index (χ0v) is 17.6. The smallest absolute Gasteiger partial charge is 0.407 e. The summed E-state index contributed by atoms with van der Waals surface area (Å²) in [5.74, 6) is 0.806. The average Bonchev–Trinajstić information content (AvgIpc) is 3.23. The zero-order valence-electron chi connectivity index (χ0n) is 16.8. The van der Waals surface area contributed by atoms with Gasteiger partial charge >= 0.3 is 6.09 Å². The van der Waals surface area contributed by atoms with E-state index in [1.54, 1.807) is 11.3 Å². The van der Waals surface area contributed by atoms with Crippen LogP contribution in [0.25, 0.3) is 10.6 Å². The Morgan fingerprint density at radius 1 is 1.14 bits per heavy atom. The monoisotopic (exact) mass is 410 g/mol. The molecule has 152 valence electrons. The van der Waals surface area contributed by atoms with Crippen molar-refractivity contribution in [2.45, 2.75) is 39.4 Å². The van der Waals surface area contributed by atoms with Gasteiger partial charge in [-0.3, -0.25) is 0 Å². The van der Waals surface area contributed by atoms with Gasteiger partial charge in [-0.1, -0.05) is 37.3 Å². The largest absolute Gasteiger partial charge is 0.491 e. The molecule has 1 heterocycles. The van der Waals surface area contributed by atoms with Gasteiger partial charge in [-0.05, 0) is 43.2 Å². The van der Waals surface area contributed by atoms with Gasteiger partial charge in [-0.2, -0.15) is 0 Å². The Morgan fingerprint density at radius 3 is 2.59 bits per heavy atom.